The molecule has 0 amide bonds. The number of nitrogens with one attached hydrogen (secondary N) is 1. The van der Waals surface area contributed by atoms with E-state index in [1.165, 1.54) is 11.6 Å². The molecule has 2 heterocycles. The number of ether oxygens (including phenoxy) is 1. The van der Waals surface area contributed by atoms with Crippen LogP contribution in [0.2, 0.25) is 0 Å². The van der Waals surface area contributed by atoms with Crippen LogP contribution in [0.4, 0.5) is 0 Å². The van der Waals surface area contributed by atoms with Crippen LogP contribution >= 0.6 is 0 Å². The van der Waals surface area contributed by atoms with Crippen molar-refractivity contribution in [2.45, 2.75) is 32.9 Å². The smallest absolute Gasteiger partial charge is 0.328 e. The van der Waals surface area contributed by atoms with Gasteiger partial charge in [-0.15, -0.1) is 0 Å². The molecule has 0 aliphatic heterocycles. The molecule has 4 aromatic rings. The summed E-state index contributed by atoms with van der Waals surface area (Å²) in [4.78, 5) is 41.0. The number of esters is 1. The van der Waals surface area contributed by atoms with Gasteiger partial charge in [0, 0.05) is 5.56 Å². The first-order valence-corrected chi connectivity index (χ1v) is 9.73. The lowest BCUT2D eigenvalue weighted by Crippen LogP contribution is -2.32. The Morgan fingerprint density at radius 1 is 1.10 bits per heavy atom. The number of aromatic nitrogens is 4. The van der Waals surface area contributed by atoms with E-state index in [4.69, 9.17) is 9.26 Å². The van der Waals surface area contributed by atoms with Crippen LogP contribution in [0, 0.1) is 0 Å². The lowest BCUT2D eigenvalue weighted by atomic mass is 10.0. The molecule has 0 unspecified atom stereocenters. The highest BCUT2D eigenvalue weighted by atomic mass is 16.6. The van der Waals surface area contributed by atoms with E-state index in [-0.39, 0.29) is 23.3 Å². The third-order valence-electron chi connectivity index (χ3n) is 4.83. The Bertz CT molecular complexity index is 1350. The molecular formula is C22H20N4O5. The van der Waals surface area contributed by atoms with Crippen LogP contribution in [0.3, 0.4) is 0 Å². The number of hydrogen-bond acceptors (Lipinski definition) is 7. The summed E-state index contributed by atoms with van der Waals surface area (Å²) in [6, 6.07) is 14.2. The van der Waals surface area contributed by atoms with Crippen molar-refractivity contribution in [1.29, 1.82) is 0 Å². The number of carbonyl (C=O) groups is 1. The predicted molar refractivity (Wildman–Crippen MR) is 112 cm³/mol. The number of carbonyl (C=O) groups excluding carboxylic acids is 1. The highest BCUT2D eigenvalue weighted by Crippen LogP contribution is 2.20. The molecule has 0 radical (unpaired) electrons. The van der Waals surface area contributed by atoms with Gasteiger partial charge in [0.25, 0.3) is 17.0 Å². The molecule has 0 fully saturated rings. The van der Waals surface area contributed by atoms with E-state index in [1.54, 1.807) is 18.2 Å². The summed E-state index contributed by atoms with van der Waals surface area (Å²) < 4.78 is 11.2. The first kappa shape index (κ1) is 20.3. The van der Waals surface area contributed by atoms with Gasteiger partial charge in [0.1, 0.15) is 6.54 Å². The van der Waals surface area contributed by atoms with Gasteiger partial charge >= 0.3 is 5.97 Å². The van der Waals surface area contributed by atoms with E-state index in [1.807, 2.05) is 24.3 Å². The number of fused-ring (bicyclic) bond motifs is 1. The van der Waals surface area contributed by atoms with Crippen LogP contribution in [-0.4, -0.2) is 25.9 Å². The van der Waals surface area contributed by atoms with E-state index in [2.05, 4.69) is 29.1 Å². The molecule has 0 saturated heterocycles. The lowest BCUT2D eigenvalue weighted by molar-refractivity contribution is -0.146. The summed E-state index contributed by atoms with van der Waals surface area (Å²) in [5, 5.41) is 6.77. The van der Waals surface area contributed by atoms with Crippen LogP contribution in [0.1, 0.15) is 31.2 Å². The van der Waals surface area contributed by atoms with Crippen LogP contribution < -0.4 is 11.1 Å². The second kappa shape index (κ2) is 8.39. The molecule has 158 valence electrons. The topological polar surface area (TPSA) is 120 Å². The first-order chi connectivity index (χ1) is 14.9. The molecule has 4 rings (SSSR count). The largest absolute Gasteiger partial charge is 0.454 e. The molecule has 9 nitrogen and oxygen atoms in total. The van der Waals surface area contributed by atoms with Crippen molar-refractivity contribution in [2.75, 3.05) is 0 Å². The van der Waals surface area contributed by atoms with Crippen LogP contribution in [0.15, 0.2) is 62.6 Å². The van der Waals surface area contributed by atoms with E-state index < -0.39 is 23.6 Å². The van der Waals surface area contributed by atoms with Gasteiger partial charge in [-0.2, -0.15) is 4.98 Å². The van der Waals surface area contributed by atoms with Gasteiger partial charge in [-0.25, -0.2) is 4.68 Å². The minimum atomic E-state index is -0.728. The number of benzene rings is 2. The van der Waals surface area contributed by atoms with Gasteiger partial charge < -0.3 is 9.26 Å². The van der Waals surface area contributed by atoms with Crippen molar-refractivity contribution in [3.05, 3.63) is 80.7 Å². The highest BCUT2D eigenvalue weighted by molar-refractivity contribution is 5.80. The lowest BCUT2D eigenvalue weighted by Gasteiger charge is -2.06. The van der Waals surface area contributed by atoms with Crippen LogP contribution in [0.25, 0.3) is 22.2 Å². The van der Waals surface area contributed by atoms with Gasteiger partial charge in [0.05, 0.1) is 10.8 Å². The maximum Gasteiger partial charge on any atom is 0.328 e. The van der Waals surface area contributed by atoms with Crippen LogP contribution in [-0.2, 0) is 22.7 Å². The quantitative estimate of drug-likeness (QED) is 0.476. The summed E-state index contributed by atoms with van der Waals surface area (Å²) in [5.41, 5.74) is 1.03. The monoisotopic (exact) mass is 420 g/mol. The zero-order chi connectivity index (χ0) is 22.0. The molecule has 2 aromatic heterocycles. The zero-order valence-electron chi connectivity index (χ0n) is 17.0. The number of hydrogen-bond donors (Lipinski definition) is 1. The van der Waals surface area contributed by atoms with Crippen molar-refractivity contribution in [2.24, 2.45) is 0 Å². The van der Waals surface area contributed by atoms with Gasteiger partial charge in [0.15, 0.2) is 6.61 Å². The van der Waals surface area contributed by atoms with Gasteiger partial charge in [-0.05, 0) is 23.6 Å². The van der Waals surface area contributed by atoms with Crippen molar-refractivity contribution < 1.29 is 14.1 Å². The minimum absolute atomic E-state index is 0.121. The molecule has 31 heavy (non-hydrogen) atoms. The average molecular weight is 420 g/mol. The van der Waals surface area contributed by atoms with E-state index >= 15 is 0 Å². The normalized spacial score (nSPS) is 11.2. The van der Waals surface area contributed by atoms with Crippen molar-refractivity contribution in [3.63, 3.8) is 0 Å². The molecule has 1 N–H and O–H groups in total. The number of aromatic amines is 1. The standard InChI is InChI=1S/C22H20N4O5/c1-13(2)14-7-9-15(10-8-14)20-23-18(31-25-20)12-30-19(27)11-26-22(29)17-6-4-3-5-16(17)21(28)24-26/h3-10,13H,11-12H2,1-2H3,(H,24,28). The summed E-state index contributed by atoms with van der Waals surface area (Å²) in [7, 11) is 0. The zero-order valence-corrected chi connectivity index (χ0v) is 17.0. The average Bonchev–Trinajstić information content (AvgIpc) is 3.25. The van der Waals surface area contributed by atoms with Gasteiger partial charge in [-0.1, -0.05) is 55.4 Å². The molecule has 0 aliphatic carbocycles. The molecule has 0 spiro atoms. The second-order valence-electron chi connectivity index (χ2n) is 7.33. The molecule has 0 aliphatic rings. The van der Waals surface area contributed by atoms with Crippen molar-refractivity contribution >= 4 is 16.7 Å². The Labute approximate surface area is 176 Å². The predicted octanol–water partition coefficient (Wildman–Crippen LogP) is 2.61. The maximum absolute atomic E-state index is 12.5. The summed E-state index contributed by atoms with van der Waals surface area (Å²) >= 11 is 0. The minimum Gasteiger partial charge on any atom is -0.454 e. The summed E-state index contributed by atoms with van der Waals surface area (Å²) in [5.74, 6) is 0.195. The summed E-state index contributed by atoms with van der Waals surface area (Å²) in [6.45, 7) is 3.52. The van der Waals surface area contributed by atoms with Crippen molar-refractivity contribution in [3.8, 4) is 11.4 Å². The highest BCUT2D eigenvalue weighted by Gasteiger charge is 2.14. The summed E-state index contributed by atoms with van der Waals surface area (Å²) in [6.07, 6.45) is 0. The van der Waals surface area contributed by atoms with E-state index in [0.717, 1.165) is 10.2 Å². The third-order valence-corrected chi connectivity index (χ3v) is 4.83. The molecule has 9 heteroatoms. The number of nitrogens with zero attached hydrogens (tertiary/aromatic N) is 3. The number of rotatable bonds is 6. The fourth-order valence-corrected chi connectivity index (χ4v) is 3.12. The van der Waals surface area contributed by atoms with Crippen molar-refractivity contribution in [1.82, 2.24) is 19.9 Å². The fourth-order valence-electron chi connectivity index (χ4n) is 3.12. The molecular weight excluding hydrogens is 400 g/mol. The molecule has 0 bridgehead atoms. The Balaban J connectivity index is 1.42. The fraction of sp³-hybridized carbons (Fsp3) is 0.227. The third kappa shape index (κ3) is 4.30. The second-order valence-corrected chi connectivity index (χ2v) is 7.33. The Kier molecular flexibility index (Phi) is 5.48. The van der Waals surface area contributed by atoms with E-state index in [0.29, 0.717) is 11.7 Å². The van der Waals surface area contributed by atoms with Crippen LogP contribution in [0.5, 0.6) is 0 Å². The van der Waals surface area contributed by atoms with Gasteiger partial charge in [-0.3, -0.25) is 19.5 Å². The van der Waals surface area contributed by atoms with Gasteiger partial charge in [0.2, 0.25) is 5.82 Å². The Hall–Kier alpha value is -4.01. The Morgan fingerprint density at radius 3 is 2.52 bits per heavy atom. The Morgan fingerprint density at radius 2 is 1.81 bits per heavy atom. The molecule has 0 atom stereocenters. The molecule has 2 aromatic carbocycles. The SMILES string of the molecule is CC(C)c1ccc(-c2noc(COC(=O)Cn3[nH]c(=O)c4ccccc4c3=O)n2)cc1. The first-order valence-electron chi connectivity index (χ1n) is 9.73. The maximum atomic E-state index is 12.5. The number of H-pyrrole nitrogens is 1. The van der Waals surface area contributed by atoms with E-state index in [9.17, 15) is 14.4 Å². The molecule has 0 saturated carbocycles.